The minimum atomic E-state index is -1.49. The number of carbonyl (C=O) groups excluding carboxylic acids is 3. The van der Waals surface area contributed by atoms with Crippen molar-refractivity contribution in [3.05, 3.63) is 11.6 Å². The maximum absolute atomic E-state index is 13.4. The number of fused-ring (bicyclic) bond motifs is 5. The average Bonchev–Trinajstić information content (AvgIpc) is 2.99. The van der Waals surface area contributed by atoms with E-state index in [1.807, 2.05) is 20.8 Å². The third-order valence-corrected chi connectivity index (χ3v) is 10.4. The molecule has 0 aliphatic heterocycles. The summed E-state index contributed by atoms with van der Waals surface area (Å²) in [6.45, 7) is 7.29. The molecule has 190 valence electrons. The van der Waals surface area contributed by atoms with Crippen molar-refractivity contribution < 1.29 is 29.3 Å². The predicted octanol–water partition coefficient (Wildman–Crippen LogP) is 3.99. The van der Waals surface area contributed by atoms with Crippen LogP contribution < -0.4 is 0 Å². The molecule has 9 atom stereocenters. The van der Waals surface area contributed by atoms with Crippen molar-refractivity contribution in [2.75, 3.05) is 6.61 Å². The molecule has 4 rings (SSSR count). The lowest BCUT2D eigenvalue weighted by atomic mass is 9.45. The highest BCUT2D eigenvalue weighted by Gasteiger charge is 2.73. The maximum Gasteiger partial charge on any atom is 0.306 e. The van der Waals surface area contributed by atoms with Crippen LogP contribution in [0.2, 0.25) is 0 Å². The van der Waals surface area contributed by atoms with Gasteiger partial charge in [-0.15, -0.1) is 11.6 Å². The molecule has 7 heteroatoms. The second kappa shape index (κ2) is 9.01. The van der Waals surface area contributed by atoms with Gasteiger partial charge in [0.15, 0.2) is 11.4 Å². The molecule has 3 unspecified atom stereocenters. The Kier molecular flexibility index (Phi) is 6.85. The van der Waals surface area contributed by atoms with E-state index >= 15 is 0 Å². The summed E-state index contributed by atoms with van der Waals surface area (Å²) in [6, 6.07) is 0. The first kappa shape index (κ1) is 25.8. The normalized spacial score (nSPS) is 45.6. The number of Topliss-reactive ketones (excluding diaryl/α,β-unsaturated/α-hetero) is 1. The number of ketones is 2. The quantitative estimate of drug-likeness (QED) is 0.427. The SMILES string of the molecule is CCCCC(=O)O[C@]1(C(=O)CO)C(C)C[C@H]2[C@@H]3C(Cl)CC4=CC(=O)CC[C@]4(C)[C@H]3C(O)C[C@@]21C. The lowest BCUT2D eigenvalue weighted by Gasteiger charge is -2.61. The minimum absolute atomic E-state index is 0.0520. The van der Waals surface area contributed by atoms with Crippen molar-refractivity contribution in [3.63, 3.8) is 0 Å². The summed E-state index contributed by atoms with van der Waals surface area (Å²) in [5.41, 5.74) is -1.62. The van der Waals surface area contributed by atoms with Gasteiger partial charge in [0.25, 0.3) is 0 Å². The molecule has 0 bridgehead atoms. The van der Waals surface area contributed by atoms with E-state index in [1.54, 1.807) is 6.08 Å². The van der Waals surface area contributed by atoms with E-state index < -0.39 is 35.5 Å². The van der Waals surface area contributed by atoms with Crippen LogP contribution >= 0.6 is 11.6 Å². The van der Waals surface area contributed by atoms with Crippen molar-refractivity contribution in [3.8, 4) is 0 Å². The van der Waals surface area contributed by atoms with E-state index in [1.165, 1.54) is 0 Å². The van der Waals surface area contributed by atoms with Gasteiger partial charge in [-0.3, -0.25) is 14.4 Å². The highest BCUT2D eigenvalue weighted by molar-refractivity contribution is 6.21. The highest BCUT2D eigenvalue weighted by atomic mass is 35.5. The van der Waals surface area contributed by atoms with Crippen molar-refractivity contribution >= 4 is 29.1 Å². The molecule has 0 radical (unpaired) electrons. The largest absolute Gasteiger partial charge is 0.450 e. The van der Waals surface area contributed by atoms with E-state index in [2.05, 4.69) is 6.92 Å². The lowest BCUT2D eigenvalue weighted by molar-refractivity contribution is -0.207. The van der Waals surface area contributed by atoms with Crippen LogP contribution in [0.1, 0.15) is 79.1 Å². The van der Waals surface area contributed by atoms with Crippen LogP contribution in [0.4, 0.5) is 0 Å². The van der Waals surface area contributed by atoms with Crippen molar-refractivity contribution in [2.45, 2.75) is 96.1 Å². The minimum Gasteiger partial charge on any atom is -0.450 e. The number of ether oxygens (including phenoxy) is 1. The monoisotopic (exact) mass is 494 g/mol. The number of hydrogen-bond donors (Lipinski definition) is 2. The molecule has 0 aromatic heterocycles. The number of carbonyl (C=O) groups is 3. The first-order valence-electron chi connectivity index (χ1n) is 12.9. The van der Waals surface area contributed by atoms with Gasteiger partial charge in [0.2, 0.25) is 5.78 Å². The number of unbranched alkanes of at least 4 members (excludes halogenated alkanes) is 1. The highest BCUT2D eigenvalue weighted by Crippen LogP contribution is 2.70. The Hall–Kier alpha value is -1.24. The summed E-state index contributed by atoms with van der Waals surface area (Å²) in [4.78, 5) is 38.4. The molecule has 0 amide bonds. The van der Waals surface area contributed by atoms with Gasteiger partial charge < -0.3 is 14.9 Å². The second-order valence-corrected chi connectivity index (χ2v) is 12.3. The number of alkyl halides is 1. The summed E-state index contributed by atoms with van der Waals surface area (Å²) in [6.07, 6.45) is 5.34. The summed E-state index contributed by atoms with van der Waals surface area (Å²) >= 11 is 7.04. The number of aliphatic hydroxyl groups is 2. The predicted molar refractivity (Wildman–Crippen MR) is 128 cm³/mol. The smallest absolute Gasteiger partial charge is 0.306 e. The Balaban J connectivity index is 1.78. The fraction of sp³-hybridized carbons (Fsp3) is 0.815. The van der Waals surface area contributed by atoms with Crippen molar-refractivity contribution in [1.82, 2.24) is 0 Å². The topological polar surface area (TPSA) is 101 Å². The van der Waals surface area contributed by atoms with Crippen LogP contribution in [0.25, 0.3) is 0 Å². The number of halogens is 1. The summed E-state index contributed by atoms with van der Waals surface area (Å²) < 4.78 is 6.09. The zero-order chi connectivity index (χ0) is 25.1. The van der Waals surface area contributed by atoms with Crippen LogP contribution in [0, 0.1) is 34.5 Å². The standard InChI is InChI=1S/C27H39ClO6/c1-5-6-7-22(33)34-27(21(32)14-29)15(2)10-18-23-19(28)12-16-11-17(30)8-9-25(16,3)24(23)20(31)13-26(18,27)4/h11,15,18-20,23-24,29,31H,5-10,12-14H2,1-4H3/t15?,18-,19?,20?,23+,24-,25-,26-,27-/m0/s1. The summed E-state index contributed by atoms with van der Waals surface area (Å²) in [5, 5.41) is 21.3. The molecule has 3 fully saturated rings. The number of esters is 1. The summed E-state index contributed by atoms with van der Waals surface area (Å²) in [7, 11) is 0. The number of rotatable bonds is 6. The third-order valence-electron chi connectivity index (χ3n) is 9.99. The molecule has 3 saturated carbocycles. The van der Waals surface area contributed by atoms with E-state index in [4.69, 9.17) is 16.3 Å². The molecule has 0 aromatic carbocycles. The molecule has 4 aliphatic carbocycles. The van der Waals surface area contributed by atoms with Crippen LogP contribution in [-0.4, -0.2) is 51.4 Å². The van der Waals surface area contributed by atoms with Gasteiger partial charge in [-0.05, 0) is 61.3 Å². The molecule has 0 spiro atoms. The molecule has 4 aliphatic rings. The Labute approximate surface area is 207 Å². The molecule has 2 N–H and O–H groups in total. The number of hydrogen-bond acceptors (Lipinski definition) is 6. The molecular formula is C27H39ClO6. The molecule has 6 nitrogen and oxygen atoms in total. The van der Waals surface area contributed by atoms with Gasteiger partial charge in [-0.1, -0.05) is 39.7 Å². The van der Waals surface area contributed by atoms with Crippen LogP contribution in [0.5, 0.6) is 0 Å². The zero-order valence-corrected chi connectivity index (χ0v) is 21.6. The van der Waals surface area contributed by atoms with Gasteiger partial charge in [-0.2, -0.15) is 0 Å². The van der Waals surface area contributed by atoms with Crippen LogP contribution in [0.15, 0.2) is 11.6 Å². The van der Waals surface area contributed by atoms with Gasteiger partial charge in [-0.25, -0.2) is 0 Å². The first-order valence-corrected chi connectivity index (χ1v) is 13.3. The van der Waals surface area contributed by atoms with E-state index in [9.17, 15) is 24.6 Å². The summed E-state index contributed by atoms with van der Waals surface area (Å²) in [5.74, 6) is -1.38. The van der Waals surface area contributed by atoms with E-state index in [-0.39, 0.29) is 53.1 Å². The van der Waals surface area contributed by atoms with E-state index in [0.29, 0.717) is 32.1 Å². The molecule has 0 saturated heterocycles. The second-order valence-electron chi connectivity index (χ2n) is 11.7. The third kappa shape index (κ3) is 3.54. The fourth-order valence-corrected chi connectivity index (χ4v) is 8.95. The molecule has 0 heterocycles. The fourth-order valence-electron chi connectivity index (χ4n) is 8.46. The maximum atomic E-state index is 13.4. The van der Waals surface area contributed by atoms with E-state index in [0.717, 1.165) is 12.0 Å². The Morgan fingerprint density at radius 3 is 2.65 bits per heavy atom. The molecular weight excluding hydrogens is 456 g/mol. The Morgan fingerprint density at radius 1 is 1.29 bits per heavy atom. The van der Waals surface area contributed by atoms with Crippen molar-refractivity contribution in [1.29, 1.82) is 0 Å². The number of aliphatic hydroxyl groups excluding tert-OH is 2. The number of allylic oxidation sites excluding steroid dienone is 1. The zero-order valence-electron chi connectivity index (χ0n) is 20.8. The lowest BCUT2D eigenvalue weighted by Crippen LogP contribution is -2.65. The first-order chi connectivity index (χ1) is 16.0. The van der Waals surface area contributed by atoms with Gasteiger partial charge in [0.1, 0.15) is 6.61 Å². The van der Waals surface area contributed by atoms with Crippen LogP contribution in [0.3, 0.4) is 0 Å². The molecule has 34 heavy (non-hydrogen) atoms. The van der Waals surface area contributed by atoms with Crippen molar-refractivity contribution in [2.24, 2.45) is 34.5 Å². The van der Waals surface area contributed by atoms with Gasteiger partial charge in [0, 0.05) is 29.6 Å². The van der Waals surface area contributed by atoms with Crippen LogP contribution in [-0.2, 0) is 19.1 Å². The van der Waals surface area contributed by atoms with Gasteiger partial charge in [0.05, 0.1) is 6.10 Å². The van der Waals surface area contributed by atoms with Gasteiger partial charge >= 0.3 is 5.97 Å². The Bertz CT molecular complexity index is 900. The molecule has 0 aromatic rings. The average molecular weight is 495 g/mol. The Morgan fingerprint density at radius 2 is 2.00 bits per heavy atom.